The van der Waals surface area contributed by atoms with Crippen LogP contribution in [0.2, 0.25) is 0 Å². The standard InChI is InChI=1S/C17H24N4/c1-14(15-8-4-2-5-9-15)18-12-16-13-19-21(20-16)17-10-6-3-7-11-17/h3,6-7,10-11,13-15,18H,2,4-5,8-9,12H2,1H3. The number of hydrogen-bond acceptors (Lipinski definition) is 3. The Balaban J connectivity index is 1.55. The molecule has 3 rings (SSSR count). The third-order valence-corrected chi connectivity index (χ3v) is 4.49. The second-order valence-electron chi connectivity index (χ2n) is 6.03. The van der Waals surface area contributed by atoms with Crippen LogP contribution in [0.5, 0.6) is 0 Å². The lowest BCUT2D eigenvalue weighted by Crippen LogP contribution is -2.34. The van der Waals surface area contributed by atoms with E-state index in [4.69, 9.17) is 0 Å². The fraction of sp³-hybridized carbons (Fsp3) is 0.529. The predicted octanol–water partition coefficient (Wildman–Crippen LogP) is 3.33. The van der Waals surface area contributed by atoms with E-state index in [0.717, 1.165) is 23.8 Å². The van der Waals surface area contributed by atoms with E-state index in [0.29, 0.717) is 6.04 Å². The van der Waals surface area contributed by atoms with Gasteiger partial charge in [0.1, 0.15) is 0 Å². The van der Waals surface area contributed by atoms with E-state index in [1.54, 1.807) is 4.80 Å². The SMILES string of the molecule is CC(NCc1cnn(-c2ccccc2)n1)C1CCCCC1. The highest BCUT2D eigenvalue weighted by Gasteiger charge is 2.19. The van der Waals surface area contributed by atoms with Crippen molar-refractivity contribution < 1.29 is 0 Å². The Morgan fingerprint density at radius 1 is 1.19 bits per heavy atom. The highest BCUT2D eigenvalue weighted by atomic mass is 15.5. The molecular weight excluding hydrogens is 260 g/mol. The molecule has 0 amide bonds. The van der Waals surface area contributed by atoms with Crippen LogP contribution in [-0.2, 0) is 6.54 Å². The molecule has 1 atom stereocenters. The van der Waals surface area contributed by atoms with Crippen molar-refractivity contribution in [2.45, 2.75) is 51.6 Å². The molecule has 1 N–H and O–H groups in total. The smallest absolute Gasteiger partial charge is 0.0969 e. The molecule has 2 aromatic rings. The Bertz CT molecular complexity index is 543. The average Bonchev–Trinajstić information content (AvgIpc) is 3.03. The molecule has 1 unspecified atom stereocenters. The Hall–Kier alpha value is -1.68. The average molecular weight is 284 g/mol. The van der Waals surface area contributed by atoms with Crippen molar-refractivity contribution in [3.05, 3.63) is 42.2 Å². The fourth-order valence-corrected chi connectivity index (χ4v) is 3.13. The molecule has 1 aromatic heterocycles. The van der Waals surface area contributed by atoms with E-state index in [2.05, 4.69) is 22.4 Å². The molecule has 21 heavy (non-hydrogen) atoms. The van der Waals surface area contributed by atoms with Gasteiger partial charge in [-0.1, -0.05) is 37.5 Å². The highest BCUT2D eigenvalue weighted by molar-refractivity contribution is 5.28. The topological polar surface area (TPSA) is 42.7 Å². The zero-order valence-electron chi connectivity index (χ0n) is 12.7. The zero-order chi connectivity index (χ0) is 14.5. The van der Waals surface area contributed by atoms with Crippen LogP contribution in [0.3, 0.4) is 0 Å². The van der Waals surface area contributed by atoms with Gasteiger partial charge in [-0.15, -0.1) is 0 Å². The third-order valence-electron chi connectivity index (χ3n) is 4.49. The predicted molar refractivity (Wildman–Crippen MR) is 84.2 cm³/mol. The number of rotatable bonds is 5. The van der Waals surface area contributed by atoms with Crippen LogP contribution in [0.15, 0.2) is 36.5 Å². The lowest BCUT2D eigenvalue weighted by Gasteiger charge is -2.28. The molecule has 0 aliphatic heterocycles. The van der Waals surface area contributed by atoms with E-state index in [1.807, 2.05) is 36.5 Å². The summed E-state index contributed by atoms with van der Waals surface area (Å²) in [4.78, 5) is 1.70. The van der Waals surface area contributed by atoms with Crippen LogP contribution in [0.4, 0.5) is 0 Å². The van der Waals surface area contributed by atoms with Crippen molar-refractivity contribution in [1.82, 2.24) is 20.3 Å². The molecule has 1 aliphatic carbocycles. The summed E-state index contributed by atoms with van der Waals surface area (Å²) in [7, 11) is 0. The largest absolute Gasteiger partial charge is 0.308 e. The summed E-state index contributed by atoms with van der Waals surface area (Å²) in [6, 6.07) is 10.6. The van der Waals surface area contributed by atoms with Gasteiger partial charge in [-0.05, 0) is 37.8 Å². The molecule has 4 nitrogen and oxygen atoms in total. The summed E-state index contributed by atoms with van der Waals surface area (Å²) < 4.78 is 0. The van der Waals surface area contributed by atoms with Gasteiger partial charge >= 0.3 is 0 Å². The Labute approximate surface area is 126 Å². The third kappa shape index (κ3) is 3.70. The Kier molecular flexibility index (Phi) is 4.65. The minimum atomic E-state index is 0.562. The van der Waals surface area contributed by atoms with Crippen LogP contribution < -0.4 is 5.32 Å². The van der Waals surface area contributed by atoms with Crippen molar-refractivity contribution in [2.75, 3.05) is 0 Å². The van der Waals surface area contributed by atoms with Crippen LogP contribution in [0.1, 0.15) is 44.7 Å². The van der Waals surface area contributed by atoms with Crippen molar-refractivity contribution in [3.8, 4) is 5.69 Å². The molecule has 112 valence electrons. The van der Waals surface area contributed by atoms with E-state index in [-0.39, 0.29) is 0 Å². The molecule has 0 bridgehead atoms. The van der Waals surface area contributed by atoms with Crippen molar-refractivity contribution in [2.24, 2.45) is 5.92 Å². The number of para-hydroxylation sites is 1. The van der Waals surface area contributed by atoms with Crippen molar-refractivity contribution in [1.29, 1.82) is 0 Å². The highest BCUT2D eigenvalue weighted by Crippen LogP contribution is 2.26. The number of nitrogens with one attached hydrogen (secondary N) is 1. The summed E-state index contributed by atoms with van der Waals surface area (Å²) >= 11 is 0. The summed E-state index contributed by atoms with van der Waals surface area (Å²) in [6.07, 6.45) is 8.78. The zero-order valence-corrected chi connectivity index (χ0v) is 12.7. The number of nitrogens with zero attached hydrogens (tertiary/aromatic N) is 3. The first-order valence-corrected chi connectivity index (χ1v) is 8.03. The number of benzene rings is 1. The normalized spacial score (nSPS) is 17.8. The molecule has 1 heterocycles. The number of aromatic nitrogens is 3. The maximum Gasteiger partial charge on any atom is 0.0969 e. The lowest BCUT2D eigenvalue weighted by atomic mass is 9.84. The van der Waals surface area contributed by atoms with E-state index in [9.17, 15) is 0 Å². The summed E-state index contributed by atoms with van der Waals surface area (Å²) in [6.45, 7) is 3.10. The van der Waals surface area contributed by atoms with Crippen LogP contribution in [-0.4, -0.2) is 21.0 Å². The maximum atomic E-state index is 4.54. The second-order valence-corrected chi connectivity index (χ2v) is 6.03. The monoisotopic (exact) mass is 284 g/mol. The van der Waals surface area contributed by atoms with E-state index < -0.39 is 0 Å². The molecule has 1 fully saturated rings. The van der Waals surface area contributed by atoms with Gasteiger partial charge in [0, 0.05) is 12.6 Å². The molecule has 0 spiro atoms. The lowest BCUT2D eigenvalue weighted by molar-refractivity contribution is 0.280. The molecule has 1 aliphatic rings. The van der Waals surface area contributed by atoms with Crippen LogP contribution in [0, 0.1) is 5.92 Å². The van der Waals surface area contributed by atoms with E-state index >= 15 is 0 Å². The maximum absolute atomic E-state index is 4.54. The minimum absolute atomic E-state index is 0.562. The first kappa shape index (κ1) is 14.3. The van der Waals surface area contributed by atoms with Crippen molar-refractivity contribution in [3.63, 3.8) is 0 Å². The molecule has 0 saturated heterocycles. The van der Waals surface area contributed by atoms with Gasteiger partial charge < -0.3 is 5.32 Å². The Morgan fingerprint density at radius 3 is 2.71 bits per heavy atom. The summed E-state index contributed by atoms with van der Waals surface area (Å²) in [5.74, 6) is 0.822. The van der Waals surface area contributed by atoms with Gasteiger partial charge in [0.15, 0.2) is 0 Å². The van der Waals surface area contributed by atoms with Gasteiger partial charge in [-0.25, -0.2) is 0 Å². The van der Waals surface area contributed by atoms with Crippen LogP contribution in [0.25, 0.3) is 5.69 Å². The van der Waals surface area contributed by atoms with Gasteiger partial charge in [0.25, 0.3) is 0 Å². The first-order valence-electron chi connectivity index (χ1n) is 8.03. The summed E-state index contributed by atoms with van der Waals surface area (Å²) in [5.41, 5.74) is 2.01. The van der Waals surface area contributed by atoms with Gasteiger partial charge in [0.2, 0.25) is 0 Å². The van der Waals surface area contributed by atoms with Gasteiger partial charge in [0.05, 0.1) is 17.6 Å². The van der Waals surface area contributed by atoms with Crippen LogP contribution >= 0.6 is 0 Å². The molecule has 0 radical (unpaired) electrons. The Morgan fingerprint density at radius 2 is 1.95 bits per heavy atom. The second kappa shape index (κ2) is 6.85. The van der Waals surface area contributed by atoms with Crippen molar-refractivity contribution >= 4 is 0 Å². The molecule has 4 heteroatoms. The fourth-order valence-electron chi connectivity index (χ4n) is 3.13. The van der Waals surface area contributed by atoms with E-state index in [1.165, 1.54) is 32.1 Å². The quantitative estimate of drug-likeness (QED) is 0.916. The minimum Gasteiger partial charge on any atom is -0.308 e. The summed E-state index contributed by atoms with van der Waals surface area (Å²) in [5, 5.41) is 12.5. The van der Waals surface area contributed by atoms with Gasteiger partial charge in [-0.2, -0.15) is 15.0 Å². The molecule has 1 aromatic carbocycles. The first-order chi connectivity index (χ1) is 10.3. The molecular formula is C17H24N4. The molecule has 1 saturated carbocycles. The number of hydrogen-bond donors (Lipinski definition) is 1. The van der Waals surface area contributed by atoms with Gasteiger partial charge in [-0.3, -0.25) is 0 Å².